The van der Waals surface area contributed by atoms with Crippen LogP contribution in [0, 0.1) is 5.92 Å². The van der Waals surface area contributed by atoms with Crippen molar-refractivity contribution in [3.8, 4) is 0 Å². The summed E-state index contributed by atoms with van der Waals surface area (Å²) >= 11 is 0. The van der Waals surface area contributed by atoms with E-state index in [4.69, 9.17) is 9.47 Å². The molecule has 0 bridgehead atoms. The monoisotopic (exact) mass is 225 g/mol. The van der Waals surface area contributed by atoms with Crippen LogP contribution in [0.5, 0.6) is 0 Å². The summed E-state index contributed by atoms with van der Waals surface area (Å²) in [7, 11) is 1.46. The molecule has 4 nitrogen and oxygen atoms in total. The van der Waals surface area contributed by atoms with Crippen LogP contribution in [0.2, 0.25) is 0 Å². The van der Waals surface area contributed by atoms with E-state index in [1.54, 1.807) is 0 Å². The Labute approximate surface area is 95.7 Å². The van der Waals surface area contributed by atoms with Crippen LogP contribution < -0.4 is 5.32 Å². The standard InChI is InChI=1S/C12H19NO3/c1-15-12(14)8-5-6-10-11(13-8)7-3-2-4-9(7)16-10/h7-11,13H,2-6H2,1H3. The lowest BCUT2D eigenvalue weighted by molar-refractivity contribution is -0.144. The number of hydrogen-bond donors (Lipinski definition) is 1. The van der Waals surface area contributed by atoms with E-state index >= 15 is 0 Å². The van der Waals surface area contributed by atoms with Gasteiger partial charge in [-0.25, -0.2) is 0 Å². The van der Waals surface area contributed by atoms with Crippen LogP contribution >= 0.6 is 0 Å². The highest BCUT2D eigenvalue weighted by Crippen LogP contribution is 2.42. The van der Waals surface area contributed by atoms with Gasteiger partial charge in [0.05, 0.1) is 19.3 Å². The molecule has 3 aliphatic rings. The van der Waals surface area contributed by atoms with Crippen molar-refractivity contribution in [2.24, 2.45) is 5.92 Å². The molecule has 0 aromatic heterocycles. The van der Waals surface area contributed by atoms with E-state index in [0.29, 0.717) is 24.2 Å². The van der Waals surface area contributed by atoms with Crippen molar-refractivity contribution in [2.45, 2.75) is 56.4 Å². The SMILES string of the molecule is COC(=O)C1CCC2OC3CCCC3C2N1. The Balaban J connectivity index is 1.70. The molecule has 1 saturated carbocycles. The van der Waals surface area contributed by atoms with Crippen LogP contribution in [0.15, 0.2) is 0 Å². The van der Waals surface area contributed by atoms with E-state index in [1.165, 1.54) is 26.4 Å². The Morgan fingerprint density at radius 3 is 2.94 bits per heavy atom. The summed E-state index contributed by atoms with van der Waals surface area (Å²) in [6.45, 7) is 0. The first kappa shape index (κ1) is 10.5. The Hall–Kier alpha value is -0.610. The van der Waals surface area contributed by atoms with Crippen molar-refractivity contribution >= 4 is 5.97 Å². The lowest BCUT2D eigenvalue weighted by Gasteiger charge is -2.33. The number of nitrogens with one attached hydrogen (secondary N) is 1. The summed E-state index contributed by atoms with van der Waals surface area (Å²) in [6, 6.07) is 0.263. The number of carbonyl (C=O) groups is 1. The van der Waals surface area contributed by atoms with Gasteiger partial charge in [-0.2, -0.15) is 0 Å². The van der Waals surface area contributed by atoms with Crippen molar-refractivity contribution in [3.63, 3.8) is 0 Å². The number of methoxy groups -OCH3 is 1. The van der Waals surface area contributed by atoms with Crippen LogP contribution in [0.3, 0.4) is 0 Å². The molecule has 5 atom stereocenters. The average Bonchev–Trinajstić information content (AvgIpc) is 2.87. The van der Waals surface area contributed by atoms with Crippen molar-refractivity contribution in [1.82, 2.24) is 5.32 Å². The van der Waals surface area contributed by atoms with Gasteiger partial charge in [-0.05, 0) is 25.7 Å². The molecule has 2 saturated heterocycles. The van der Waals surface area contributed by atoms with Gasteiger partial charge in [0, 0.05) is 12.0 Å². The highest BCUT2D eigenvalue weighted by Gasteiger charge is 2.49. The van der Waals surface area contributed by atoms with Gasteiger partial charge in [0.1, 0.15) is 6.04 Å². The maximum atomic E-state index is 11.5. The van der Waals surface area contributed by atoms with Crippen molar-refractivity contribution in [3.05, 3.63) is 0 Å². The van der Waals surface area contributed by atoms with Gasteiger partial charge in [-0.1, -0.05) is 6.42 Å². The number of carbonyl (C=O) groups excluding carboxylic acids is 1. The largest absolute Gasteiger partial charge is 0.468 e. The third-order valence-corrected chi connectivity index (χ3v) is 4.33. The second-order valence-corrected chi connectivity index (χ2v) is 5.15. The first-order valence-corrected chi connectivity index (χ1v) is 6.29. The lowest BCUT2D eigenvalue weighted by atomic mass is 9.88. The number of fused-ring (bicyclic) bond motifs is 3. The highest BCUT2D eigenvalue weighted by molar-refractivity contribution is 5.75. The first-order chi connectivity index (χ1) is 7.79. The molecule has 1 aliphatic carbocycles. The highest BCUT2D eigenvalue weighted by atomic mass is 16.5. The molecule has 16 heavy (non-hydrogen) atoms. The lowest BCUT2D eigenvalue weighted by Crippen LogP contribution is -2.54. The molecule has 2 heterocycles. The Bertz CT molecular complexity index is 294. The number of rotatable bonds is 1. The average molecular weight is 225 g/mol. The molecule has 3 fully saturated rings. The Morgan fingerprint density at radius 1 is 1.25 bits per heavy atom. The fourth-order valence-electron chi connectivity index (χ4n) is 3.57. The maximum Gasteiger partial charge on any atom is 0.322 e. The van der Waals surface area contributed by atoms with Crippen LogP contribution in [0.4, 0.5) is 0 Å². The summed E-state index contributed by atoms with van der Waals surface area (Å²) in [4.78, 5) is 11.5. The summed E-state index contributed by atoms with van der Waals surface area (Å²) in [6.07, 6.45) is 6.31. The molecule has 90 valence electrons. The summed E-state index contributed by atoms with van der Waals surface area (Å²) < 4.78 is 10.8. The fraction of sp³-hybridized carbons (Fsp3) is 0.917. The molecular formula is C12H19NO3. The number of hydrogen-bond acceptors (Lipinski definition) is 4. The quantitative estimate of drug-likeness (QED) is 0.672. The van der Waals surface area contributed by atoms with Gasteiger partial charge in [0.25, 0.3) is 0 Å². The van der Waals surface area contributed by atoms with Crippen molar-refractivity contribution in [2.75, 3.05) is 7.11 Å². The van der Waals surface area contributed by atoms with Gasteiger partial charge in [0.2, 0.25) is 0 Å². The molecule has 0 spiro atoms. The molecular weight excluding hydrogens is 206 g/mol. The molecule has 0 aromatic rings. The maximum absolute atomic E-state index is 11.5. The molecule has 3 rings (SSSR count). The van der Waals surface area contributed by atoms with Crippen LogP contribution in [0.1, 0.15) is 32.1 Å². The summed E-state index contributed by atoms with van der Waals surface area (Å²) in [5, 5.41) is 3.44. The minimum atomic E-state index is -0.125. The molecule has 0 radical (unpaired) electrons. The van der Waals surface area contributed by atoms with E-state index in [0.717, 1.165) is 12.8 Å². The molecule has 0 aromatic carbocycles. The minimum absolute atomic E-state index is 0.116. The normalized spacial score (nSPS) is 46.2. The smallest absolute Gasteiger partial charge is 0.322 e. The molecule has 1 N–H and O–H groups in total. The van der Waals surface area contributed by atoms with E-state index in [2.05, 4.69) is 5.32 Å². The van der Waals surface area contributed by atoms with Crippen LogP contribution in [0.25, 0.3) is 0 Å². The van der Waals surface area contributed by atoms with Gasteiger partial charge >= 0.3 is 5.97 Å². The fourth-order valence-corrected chi connectivity index (χ4v) is 3.57. The van der Waals surface area contributed by atoms with E-state index in [1.807, 2.05) is 0 Å². The van der Waals surface area contributed by atoms with Gasteiger partial charge in [-0.15, -0.1) is 0 Å². The molecule has 4 heteroatoms. The summed E-state index contributed by atoms with van der Waals surface area (Å²) in [5.41, 5.74) is 0. The topological polar surface area (TPSA) is 47.6 Å². The van der Waals surface area contributed by atoms with Gasteiger partial charge in [0.15, 0.2) is 0 Å². The number of ether oxygens (including phenoxy) is 2. The minimum Gasteiger partial charge on any atom is -0.468 e. The molecule has 0 amide bonds. The van der Waals surface area contributed by atoms with Crippen LogP contribution in [-0.2, 0) is 14.3 Å². The zero-order valence-electron chi connectivity index (χ0n) is 9.65. The van der Waals surface area contributed by atoms with E-state index in [-0.39, 0.29) is 12.0 Å². The third-order valence-electron chi connectivity index (χ3n) is 4.33. The first-order valence-electron chi connectivity index (χ1n) is 6.29. The predicted octanol–water partition coefficient (Wildman–Crippen LogP) is 0.847. The van der Waals surface area contributed by atoms with E-state index < -0.39 is 0 Å². The molecule has 5 unspecified atom stereocenters. The number of piperidine rings is 1. The zero-order valence-corrected chi connectivity index (χ0v) is 9.65. The third kappa shape index (κ3) is 1.55. The van der Waals surface area contributed by atoms with E-state index in [9.17, 15) is 4.79 Å². The van der Waals surface area contributed by atoms with Crippen molar-refractivity contribution < 1.29 is 14.3 Å². The van der Waals surface area contributed by atoms with Crippen molar-refractivity contribution in [1.29, 1.82) is 0 Å². The second kappa shape index (κ2) is 4.00. The summed E-state index contributed by atoms with van der Waals surface area (Å²) in [5.74, 6) is 0.498. The van der Waals surface area contributed by atoms with Crippen LogP contribution in [-0.4, -0.2) is 37.4 Å². The predicted molar refractivity (Wildman–Crippen MR) is 58.0 cm³/mol. The zero-order chi connectivity index (χ0) is 11.1. The number of esters is 1. The Kier molecular flexibility index (Phi) is 2.64. The molecule has 2 aliphatic heterocycles. The van der Waals surface area contributed by atoms with Gasteiger partial charge < -0.3 is 9.47 Å². The second-order valence-electron chi connectivity index (χ2n) is 5.15. The Morgan fingerprint density at radius 2 is 2.12 bits per heavy atom. The van der Waals surface area contributed by atoms with Gasteiger partial charge in [-0.3, -0.25) is 10.1 Å².